The topological polar surface area (TPSA) is 84.5 Å². The standard InChI is InChI=1S/C19H22N2O4S/c1-14(21-26(23,24)17-8-3-2-4-9-17)19(22)20-12-15-11-16-7-5-6-10-18(16)25-13-15/h2-10,14-15,21H,11-13H2,1H3,(H,20,22)/t14-,15?/m0/s1. The second-order valence-electron chi connectivity index (χ2n) is 6.39. The van der Waals surface area contributed by atoms with E-state index in [9.17, 15) is 13.2 Å². The number of hydrogen-bond acceptors (Lipinski definition) is 4. The van der Waals surface area contributed by atoms with E-state index >= 15 is 0 Å². The third-order valence-electron chi connectivity index (χ3n) is 4.30. The molecule has 1 unspecified atom stereocenters. The Morgan fingerprint density at radius 3 is 2.62 bits per heavy atom. The summed E-state index contributed by atoms with van der Waals surface area (Å²) in [5.41, 5.74) is 1.12. The fourth-order valence-corrected chi connectivity index (χ4v) is 4.10. The number of amides is 1. The van der Waals surface area contributed by atoms with Gasteiger partial charge in [-0.1, -0.05) is 36.4 Å². The molecule has 0 spiro atoms. The summed E-state index contributed by atoms with van der Waals surface area (Å²) in [6.45, 7) is 2.49. The number of hydrogen-bond donors (Lipinski definition) is 2. The summed E-state index contributed by atoms with van der Waals surface area (Å²) in [6.07, 6.45) is 0.820. The summed E-state index contributed by atoms with van der Waals surface area (Å²) in [6, 6.07) is 15.0. The van der Waals surface area contributed by atoms with Crippen molar-refractivity contribution in [1.29, 1.82) is 0 Å². The predicted octanol–water partition coefficient (Wildman–Crippen LogP) is 1.72. The van der Waals surface area contributed by atoms with Gasteiger partial charge in [0.25, 0.3) is 0 Å². The minimum absolute atomic E-state index is 0.136. The van der Waals surface area contributed by atoms with Crippen LogP contribution in [-0.4, -0.2) is 33.5 Å². The molecule has 1 heterocycles. The van der Waals surface area contributed by atoms with Crippen molar-refractivity contribution < 1.29 is 17.9 Å². The first-order chi connectivity index (χ1) is 12.5. The highest BCUT2D eigenvalue weighted by atomic mass is 32.2. The highest BCUT2D eigenvalue weighted by Crippen LogP contribution is 2.26. The molecular weight excluding hydrogens is 352 g/mol. The van der Waals surface area contributed by atoms with Gasteiger partial charge in [0.05, 0.1) is 17.5 Å². The van der Waals surface area contributed by atoms with Crippen LogP contribution in [0.5, 0.6) is 5.75 Å². The third kappa shape index (κ3) is 4.42. The lowest BCUT2D eigenvalue weighted by Crippen LogP contribution is -2.46. The van der Waals surface area contributed by atoms with Crippen molar-refractivity contribution in [3.8, 4) is 5.75 Å². The lowest BCUT2D eigenvalue weighted by Gasteiger charge is -2.26. The molecule has 0 aromatic heterocycles. The Bertz CT molecular complexity index is 868. The van der Waals surface area contributed by atoms with Crippen LogP contribution in [0.3, 0.4) is 0 Å². The van der Waals surface area contributed by atoms with Crippen LogP contribution in [0.2, 0.25) is 0 Å². The summed E-state index contributed by atoms with van der Waals surface area (Å²) >= 11 is 0. The Morgan fingerprint density at radius 2 is 1.85 bits per heavy atom. The third-order valence-corrected chi connectivity index (χ3v) is 5.86. The first kappa shape index (κ1) is 18.4. The lowest BCUT2D eigenvalue weighted by atomic mass is 9.97. The molecule has 1 amide bonds. The molecule has 2 aromatic carbocycles. The SMILES string of the molecule is C[C@H](NS(=O)(=O)c1ccccc1)C(=O)NCC1COc2ccccc2C1. The number of fused-ring (bicyclic) bond motifs is 1. The van der Waals surface area contributed by atoms with Gasteiger partial charge in [-0.25, -0.2) is 8.42 Å². The highest BCUT2D eigenvalue weighted by molar-refractivity contribution is 7.89. The van der Waals surface area contributed by atoms with Crippen LogP contribution in [0, 0.1) is 5.92 Å². The quantitative estimate of drug-likeness (QED) is 0.806. The van der Waals surface area contributed by atoms with Crippen molar-refractivity contribution in [1.82, 2.24) is 10.0 Å². The molecule has 2 N–H and O–H groups in total. The van der Waals surface area contributed by atoms with Crippen LogP contribution >= 0.6 is 0 Å². The number of carbonyl (C=O) groups excluding carboxylic acids is 1. The maximum atomic E-state index is 12.3. The predicted molar refractivity (Wildman–Crippen MR) is 98.4 cm³/mol. The average Bonchev–Trinajstić information content (AvgIpc) is 2.66. The fraction of sp³-hybridized carbons (Fsp3) is 0.316. The van der Waals surface area contributed by atoms with Crippen molar-refractivity contribution in [2.75, 3.05) is 13.2 Å². The Balaban J connectivity index is 1.52. The second kappa shape index (κ2) is 7.88. The number of sulfonamides is 1. The van der Waals surface area contributed by atoms with Gasteiger partial charge in [0.2, 0.25) is 15.9 Å². The molecule has 6 nitrogen and oxygen atoms in total. The van der Waals surface area contributed by atoms with Crippen molar-refractivity contribution in [2.24, 2.45) is 5.92 Å². The minimum Gasteiger partial charge on any atom is -0.493 e. The molecule has 0 fully saturated rings. The summed E-state index contributed by atoms with van der Waals surface area (Å²) in [4.78, 5) is 12.4. The number of nitrogens with one attached hydrogen (secondary N) is 2. The summed E-state index contributed by atoms with van der Waals surface area (Å²) < 4.78 is 32.7. The van der Waals surface area contributed by atoms with E-state index in [-0.39, 0.29) is 16.7 Å². The molecule has 0 saturated carbocycles. The largest absolute Gasteiger partial charge is 0.493 e. The summed E-state index contributed by atoms with van der Waals surface area (Å²) in [7, 11) is -3.72. The normalized spacial score (nSPS) is 17.7. The Kier molecular flexibility index (Phi) is 5.58. The first-order valence-electron chi connectivity index (χ1n) is 8.51. The maximum Gasteiger partial charge on any atom is 0.241 e. The molecule has 26 heavy (non-hydrogen) atoms. The molecule has 7 heteroatoms. The van der Waals surface area contributed by atoms with Crippen LogP contribution in [0.25, 0.3) is 0 Å². The number of ether oxygens (including phenoxy) is 1. The smallest absolute Gasteiger partial charge is 0.241 e. The molecular formula is C19H22N2O4S. The number of para-hydroxylation sites is 1. The molecule has 1 aliphatic rings. The lowest BCUT2D eigenvalue weighted by molar-refractivity contribution is -0.122. The van der Waals surface area contributed by atoms with E-state index in [2.05, 4.69) is 10.0 Å². The summed E-state index contributed by atoms with van der Waals surface area (Å²) in [5.74, 6) is 0.689. The molecule has 0 aliphatic carbocycles. The van der Waals surface area contributed by atoms with E-state index in [1.165, 1.54) is 19.1 Å². The van der Waals surface area contributed by atoms with Crippen LogP contribution in [0.4, 0.5) is 0 Å². The number of benzene rings is 2. The van der Waals surface area contributed by atoms with Gasteiger partial charge in [-0.2, -0.15) is 4.72 Å². The van der Waals surface area contributed by atoms with Gasteiger partial charge in [0, 0.05) is 12.5 Å². The monoisotopic (exact) mass is 374 g/mol. The zero-order chi connectivity index (χ0) is 18.6. The first-order valence-corrected chi connectivity index (χ1v) is 10.00. The van der Waals surface area contributed by atoms with Crippen molar-refractivity contribution in [3.63, 3.8) is 0 Å². The molecule has 2 aromatic rings. The van der Waals surface area contributed by atoms with Gasteiger partial charge in [-0.3, -0.25) is 4.79 Å². The van der Waals surface area contributed by atoms with E-state index in [1.807, 2.05) is 24.3 Å². The van der Waals surface area contributed by atoms with Crippen LogP contribution in [0.15, 0.2) is 59.5 Å². The molecule has 138 valence electrons. The minimum atomic E-state index is -3.72. The van der Waals surface area contributed by atoms with Gasteiger partial charge in [-0.05, 0) is 37.1 Å². The van der Waals surface area contributed by atoms with Gasteiger partial charge < -0.3 is 10.1 Å². The Morgan fingerprint density at radius 1 is 1.15 bits per heavy atom. The average molecular weight is 374 g/mol. The molecule has 1 aliphatic heterocycles. The van der Waals surface area contributed by atoms with E-state index in [1.54, 1.807) is 18.2 Å². The summed E-state index contributed by atoms with van der Waals surface area (Å²) in [5, 5.41) is 2.81. The Hall–Kier alpha value is -2.38. The van der Waals surface area contributed by atoms with Gasteiger partial charge in [0.15, 0.2) is 0 Å². The van der Waals surface area contributed by atoms with Crippen LogP contribution in [-0.2, 0) is 21.2 Å². The van der Waals surface area contributed by atoms with Gasteiger partial charge >= 0.3 is 0 Å². The van der Waals surface area contributed by atoms with Crippen molar-refractivity contribution in [3.05, 3.63) is 60.2 Å². The second-order valence-corrected chi connectivity index (χ2v) is 8.10. The highest BCUT2D eigenvalue weighted by Gasteiger charge is 2.24. The van der Waals surface area contributed by atoms with Gasteiger partial charge in [-0.15, -0.1) is 0 Å². The molecule has 3 rings (SSSR count). The van der Waals surface area contributed by atoms with Gasteiger partial charge in [0.1, 0.15) is 5.75 Å². The number of carbonyl (C=O) groups is 1. The van der Waals surface area contributed by atoms with Crippen LogP contribution in [0.1, 0.15) is 12.5 Å². The fourth-order valence-electron chi connectivity index (χ4n) is 2.87. The maximum absolute atomic E-state index is 12.3. The molecule has 2 atom stereocenters. The van der Waals surface area contributed by atoms with Crippen LogP contribution < -0.4 is 14.8 Å². The van der Waals surface area contributed by atoms with E-state index in [4.69, 9.17) is 4.74 Å². The molecule has 0 bridgehead atoms. The zero-order valence-corrected chi connectivity index (χ0v) is 15.3. The number of rotatable bonds is 6. The van der Waals surface area contributed by atoms with Crippen molar-refractivity contribution in [2.45, 2.75) is 24.3 Å². The zero-order valence-electron chi connectivity index (χ0n) is 14.5. The van der Waals surface area contributed by atoms with E-state index in [0.29, 0.717) is 13.2 Å². The molecule has 0 saturated heterocycles. The van der Waals surface area contributed by atoms with Crippen molar-refractivity contribution >= 4 is 15.9 Å². The van der Waals surface area contributed by atoms with E-state index in [0.717, 1.165) is 17.7 Å². The molecule has 0 radical (unpaired) electrons. The Labute approximate surface area is 153 Å². The van der Waals surface area contributed by atoms with E-state index < -0.39 is 16.1 Å².